The van der Waals surface area contributed by atoms with Crippen LogP contribution in [0.3, 0.4) is 0 Å². The molecule has 20 heavy (non-hydrogen) atoms. The molecule has 0 atom stereocenters. The SMILES string of the molecule is N#C/C(=C\c1nccn1CC(F)(F)F)c1ccccn1. The van der Waals surface area contributed by atoms with Crippen LogP contribution in [0.5, 0.6) is 0 Å². The van der Waals surface area contributed by atoms with Gasteiger partial charge in [-0.1, -0.05) is 6.07 Å². The Morgan fingerprint density at radius 3 is 2.70 bits per heavy atom. The molecule has 0 bridgehead atoms. The molecule has 0 aliphatic heterocycles. The summed E-state index contributed by atoms with van der Waals surface area (Å²) in [5.74, 6) is 0.0597. The van der Waals surface area contributed by atoms with Crippen LogP contribution in [-0.4, -0.2) is 20.7 Å². The van der Waals surface area contributed by atoms with Crippen LogP contribution in [0.15, 0.2) is 36.8 Å². The van der Waals surface area contributed by atoms with Crippen molar-refractivity contribution in [3.05, 3.63) is 48.3 Å². The monoisotopic (exact) mass is 278 g/mol. The molecule has 2 heterocycles. The Labute approximate surface area is 112 Å². The summed E-state index contributed by atoms with van der Waals surface area (Å²) in [6.07, 6.45) is 0.912. The van der Waals surface area contributed by atoms with E-state index in [0.717, 1.165) is 4.57 Å². The first-order valence-electron chi connectivity index (χ1n) is 5.61. The second-order valence-corrected chi connectivity index (χ2v) is 3.91. The second-order valence-electron chi connectivity index (χ2n) is 3.91. The lowest BCUT2D eigenvalue weighted by Gasteiger charge is -2.08. The van der Waals surface area contributed by atoms with Gasteiger partial charge in [-0.05, 0) is 12.1 Å². The molecule has 0 amide bonds. The summed E-state index contributed by atoms with van der Waals surface area (Å²) < 4.78 is 38.1. The highest BCUT2D eigenvalue weighted by Crippen LogP contribution is 2.20. The molecular weight excluding hydrogens is 269 g/mol. The Kier molecular flexibility index (Phi) is 3.84. The third kappa shape index (κ3) is 3.45. The molecular formula is C13H9F3N4. The van der Waals surface area contributed by atoms with Crippen LogP contribution in [-0.2, 0) is 6.54 Å². The number of nitrogens with zero attached hydrogens (tertiary/aromatic N) is 4. The highest BCUT2D eigenvalue weighted by Gasteiger charge is 2.28. The largest absolute Gasteiger partial charge is 0.406 e. The van der Waals surface area contributed by atoms with Crippen molar-refractivity contribution in [1.82, 2.24) is 14.5 Å². The molecule has 0 aliphatic rings. The van der Waals surface area contributed by atoms with Crippen LogP contribution in [0.4, 0.5) is 13.2 Å². The van der Waals surface area contributed by atoms with Gasteiger partial charge in [0, 0.05) is 24.7 Å². The number of hydrogen-bond donors (Lipinski definition) is 0. The second kappa shape index (κ2) is 5.57. The van der Waals surface area contributed by atoms with E-state index in [1.807, 2.05) is 6.07 Å². The molecule has 0 N–H and O–H groups in total. The molecule has 0 unspecified atom stereocenters. The summed E-state index contributed by atoms with van der Waals surface area (Å²) in [5, 5.41) is 9.08. The van der Waals surface area contributed by atoms with E-state index in [0.29, 0.717) is 5.69 Å². The lowest BCUT2D eigenvalue weighted by molar-refractivity contribution is -0.140. The third-order valence-corrected chi connectivity index (χ3v) is 2.43. The van der Waals surface area contributed by atoms with Crippen LogP contribution in [0.1, 0.15) is 11.5 Å². The highest BCUT2D eigenvalue weighted by molar-refractivity contribution is 5.86. The number of aromatic nitrogens is 3. The van der Waals surface area contributed by atoms with Gasteiger partial charge in [0.2, 0.25) is 0 Å². The molecule has 2 rings (SSSR count). The van der Waals surface area contributed by atoms with E-state index in [9.17, 15) is 13.2 Å². The Balaban J connectivity index is 2.35. The summed E-state index contributed by atoms with van der Waals surface area (Å²) in [6.45, 7) is -1.15. The van der Waals surface area contributed by atoms with Crippen molar-refractivity contribution in [1.29, 1.82) is 5.26 Å². The number of pyridine rings is 1. The van der Waals surface area contributed by atoms with Crippen LogP contribution in [0, 0.1) is 11.3 Å². The summed E-state index contributed by atoms with van der Waals surface area (Å²) in [7, 11) is 0. The minimum atomic E-state index is -4.35. The van der Waals surface area contributed by atoms with Crippen molar-refractivity contribution >= 4 is 11.6 Å². The van der Waals surface area contributed by atoms with E-state index in [1.165, 1.54) is 24.7 Å². The van der Waals surface area contributed by atoms with Crippen LogP contribution in [0.25, 0.3) is 11.6 Å². The van der Waals surface area contributed by atoms with E-state index in [-0.39, 0.29) is 11.4 Å². The first kappa shape index (κ1) is 13.8. The average Bonchev–Trinajstić information content (AvgIpc) is 2.82. The molecule has 0 spiro atoms. The molecule has 0 saturated carbocycles. The molecule has 7 heteroatoms. The lowest BCUT2D eigenvalue weighted by atomic mass is 10.2. The van der Waals surface area contributed by atoms with Gasteiger partial charge in [-0.2, -0.15) is 18.4 Å². The molecule has 102 valence electrons. The predicted molar refractivity (Wildman–Crippen MR) is 66.0 cm³/mol. The Bertz CT molecular complexity index is 650. The minimum absolute atomic E-state index is 0.0597. The Hall–Kier alpha value is -2.62. The van der Waals surface area contributed by atoms with Crippen molar-refractivity contribution in [2.24, 2.45) is 0 Å². The van der Waals surface area contributed by atoms with Crippen molar-refractivity contribution in [3.63, 3.8) is 0 Å². The van der Waals surface area contributed by atoms with Gasteiger partial charge in [-0.3, -0.25) is 4.98 Å². The summed E-state index contributed by atoms with van der Waals surface area (Å²) in [4.78, 5) is 7.81. The topological polar surface area (TPSA) is 54.5 Å². The van der Waals surface area contributed by atoms with Crippen LogP contribution in [0.2, 0.25) is 0 Å². The summed E-state index contributed by atoms with van der Waals surface area (Å²) in [6, 6.07) is 6.89. The molecule has 0 radical (unpaired) electrons. The van der Waals surface area contributed by atoms with Crippen molar-refractivity contribution in [2.45, 2.75) is 12.7 Å². The van der Waals surface area contributed by atoms with Gasteiger partial charge >= 0.3 is 6.18 Å². The average molecular weight is 278 g/mol. The van der Waals surface area contributed by atoms with E-state index in [4.69, 9.17) is 5.26 Å². The first-order valence-corrected chi connectivity index (χ1v) is 5.61. The molecule has 0 fully saturated rings. The number of imidazole rings is 1. The molecule has 0 aromatic carbocycles. The van der Waals surface area contributed by atoms with Gasteiger partial charge in [0.05, 0.1) is 11.3 Å². The fourth-order valence-corrected chi connectivity index (χ4v) is 1.60. The van der Waals surface area contributed by atoms with E-state index < -0.39 is 12.7 Å². The van der Waals surface area contributed by atoms with Crippen molar-refractivity contribution in [2.75, 3.05) is 0 Å². The fraction of sp³-hybridized carbons (Fsp3) is 0.154. The number of alkyl halides is 3. The lowest BCUT2D eigenvalue weighted by Crippen LogP contribution is -2.18. The van der Waals surface area contributed by atoms with Gasteiger partial charge in [-0.25, -0.2) is 4.98 Å². The maximum atomic E-state index is 12.4. The highest BCUT2D eigenvalue weighted by atomic mass is 19.4. The van der Waals surface area contributed by atoms with Gasteiger partial charge in [0.25, 0.3) is 0 Å². The zero-order chi connectivity index (χ0) is 14.6. The van der Waals surface area contributed by atoms with Crippen LogP contribution < -0.4 is 0 Å². The number of allylic oxidation sites excluding steroid dienone is 1. The molecule has 0 saturated heterocycles. The zero-order valence-electron chi connectivity index (χ0n) is 10.2. The Morgan fingerprint density at radius 2 is 2.10 bits per heavy atom. The summed E-state index contributed by atoms with van der Waals surface area (Å²) >= 11 is 0. The van der Waals surface area contributed by atoms with Crippen molar-refractivity contribution < 1.29 is 13.2 Å². The standard InChI is InChI=1S/C13H9F3N4/c14-13(15,16)9-20-6-5-19-12(20)7-10(8-17)11-3-1-2-4-18-11/h1-7H,9H2/b10-7+. The first-order chi connectivity index (χ1) is 9.49. The smallest absolute Gasteiger partial charge is 0.322 e. The van der Waals surface area contributed by atoms with Crippen LogP contribution >= 0.6 is 0 Å². The van der Waals surface area contributed by atoms with E-state index >= 15 is 0 Å². The van der Waals surface area contributed by atoms with Gasteiger partial charge in [0.1, 0.15) is 18.4 Å². The molecule has 2 aromatic rings. The molecule has 0 aliphatic carbocycles. The number of hydrogen-bond acceptors (Lipinski definition) is 3. The number of rotatable bonds is 3. The minimum Gasteiger partial charge on any atom is -0.322 e. The van der Waals surface area contributed by atoms with E-state index in [2.05, 4.69) is 9.97 Å². The molecule has 2 aromatic heterocycles. The normalized spacial score (nSPS) is 12.2. The quantitative estimate of drug-likeness (QED) is 0.811. The zero-order valence-corrected chi connectivity index (χ0v) is 10.2. The maximum absolute atomic E-state index is 12.4. The Morgan fingerprint density at radius 1 is 1.30 bits per heavy atom. The predicted octanol–water partition coefficient (Wildman–Crippen LogP) is 2.90. The maximum Gasteiger partial charge on any atom is 0.406 e. The number of halogens is 3. The van der Waals surface area contributed by atoms with Gasteiger partial charge in [0.15, 0.2) is 0 Å². The molecule has 4 nitrogen and oxygen atoms in total. The summed E-state index contributed by atoms with van der Waals surface area (Å²) in [5.41, 5.74) is 0.539. The van der Waals surface area contributed by atoms with E-state index in [1.54, 1.807) is 18.2 Å². The van der Waals surface area contributed by atoms with Gasteiger partial charge < -0.3 is 4.57 Å². The third-order valence-electron chi connectivity index (χ3n) is 2.43. The van der Waals surface area contributed by atoms with Crippen molar-refractivity contribution in [3.8, 4) is 6.07 Å². The number of nitriles is 1. The van der Waals surface area contributed by atoms with Gasteiger partial charge in [-0.15, -0.1) is 0 Å². The fourth-order valence-electron chi connectivity index (χ4n) is 1.60.